The highest BCUT2D eigenvalue weighted by molar-refractivity contribution is 9.10. The van der Waals surface area contributed by atoms with Crippen LogP contribution in [-0.2, 0) is 6.61 Å². The lowest BCUT2D eigenvalue weighted by molar-refractivity contribution is -0.255. The average molecular weight is 320 g/mol. The summed E-state index contributed by atoms with van der Waals surface area (Å²) in [6, 6.07) is 12.7. The number of ether oxygens (including phenoxy) is 1. The summed E-state index contributed by atoms with van der Waals surface area (Å²) < 4.78 is 6.21. The van der Waals surface area contributed by atoms with Crippen molar-refractivity contribution >= 4 is 21.9 Å². The minimum absolute atomic E-state index is 0.0430. The standard InChI is InChI=1S/C15H13BrO3/c1-10-2-4-11(5-3-10)9-19-14-7-6-12(16)8-13(14)15(17)18/h2-8H,9H2,1H3,(H,17,18)/p-1. The quantitative estimate of drug-likeness (QED) is 0.870. The van der Waals surface area contributed by atoms with Crippen molar-refractivity contribution in [3.63, 3.8) is 0 Å². The highest BCUT2D eigenvalue weighted by Gasteiger charge is 2.06. The summed E-state index contributed by atoms with van der Waals surface area (Å²) in [4.78, 5) is 11.0. The molecule has 0 saturated carbocycles. The number of carboxylic acids is 1. The van der Waals surface area contributed by atoms with Crippen LogP contribution in [0.3, 0.4) is 0 Å². The zero-order valence-electron chi connectivity index (χ0n) is 10.4. The molecular weight excluding hydrogens is 308 g/mol. The zero-order chi connectivity index (χ0) is 13.8. The molecule has 19 heavy (non-hydrogen) atoms. The van der Waals surface area contributed by atoms with Crippen molar-refractivity contribution in [1.29, 1.82) is 0 Å². The maximum Gasteiger partial charge on any atom is 0.128 e. The van der Waals surface area contributed by atoms with E-state index < -0.39 is 5.97 Å². The Labute approximate surface area is 120 Å². The van der Waals surface area contributed by atoms with Crippen LogP contribution in [0.2, 0.25) is 0 Å². The number of carboxylic acid groups (broad SMARTS) is 1. The molecule has 0 aliphatic heterocycles. The van der Waals surface area contributed by atoms with Gasteiger partial charge in [0.25, 0.3) is 0 Å². The first-order valence-corrected chi connectivity index (χ1v) is 6.55. The minimum Gasteiger partial charge on any atom is -0.545 e. The number of carbonyl (C=O) groups excluding carboxylic acids is 1. The van der Waals surface area contributed by atoms with E-state index >= 15 is 0 Å². The fourth-order valence-electron chi connectivity index (χ4n) is 1.63. The van der Waals surface area contributed by atoms with Gasteiger partial charge >= 0.3 is 0 Å². The van der Waals surface area contributed by atoms with E-state index in [9.17, 15) is 9.90 Å². The monoisotopic (exact) mass is 319 g/mol. The van der Waals surface area contributed by atoms with Crippen molar-refractivity contribution in [2.24, 2.45) is 0 Å². The van der Waals surface area contributed by atoms with E-state index in [1.807, 2.05) is 31.2 Å². The molecule has 0 bridgehead atoms. The predicted octanol–water partition coefficient (Wildman–Crippen LogP) is 2.70. The van der Waals surface area contributed by atoms with Gasteiger partial charge in [-0.3, -0.25) is 0 Å². The van der Waals surface area contributed by atoms with Crippen LogP contribution in [0.25, 0.3) is 0 Å². The van der Waals surface area contributed by atoms with E-state index in [-0.39, 0.29) is 5.56 Å². The van der Waals surface area contributed by atoms with Crippen molar-refractivity contribution in [2.45, 2.75) is 13.5 Å². The number of halogens is 1. The molecule has 0 N–H and O–H groups in total. The first-order chi connectivity index (χ1) is 9.06. The van der Waals surface area contributed by atoms with Gasteiger partial charge in [-0.2, -0.15) is 0 Å². The second-order valence-corrected chi connectivity index (χ2v) is 5.12. The number of rotatable bonds is 4. The first-order valence-electron chi connectivity index (χ1n) is 5.75. The summed E-state index contributed by atoms with van der Waals surface area (Å²) in [7, 11) is 0. The Hall–Kier alpha value is -1.81. The molecule has 0 aliphatic rings. The molecule has 0 unspecified atom stereocenters. The second-order valence-electron chi connectivity index (χ2n) is 4.20. The third-order valence-corrected chi connectivity index (χ3v) is 3.17. The van der Waals surface area contributed by atoms with Crippen LogP contribution < -0.4 is 9.84 Å². The van der Waals surface area contributed by atoms with Crippen LogP contribution in [0.5, 0.6) is 5.75 Å². The number of benzene rings is 2. The average Bonchev–Trinajstić information content (AvgIpc) is 2.39. The van der Waals surface area contributed by atoms with Crippen LogP contribution >= 0.6 is 15.9 Å². The van der Waals surface area contributed by atoms with E-state index in [1.165, 1.54) is 11.6 Å². The molecule has 2 aromatic rings. The SMILES string of the molecule is Cc1ccc(COc2ccc(Br)cc2C(=O)[O-])cc1. The molecule has 0 atom stereocenters. The normalized spacial score (nSPS) is 10.2. The molecule has 98 valence electrons. The lowest BCUT2D eigenvalue weighted by atomic mass is 10.1. The third-order valence-electron chi connectivity index (χ3n) is 2.68. The number of aryl methyl sites for hydroxylation is 1. The van der Waals surface area contributed by atoms with Crippen molar-refractivity contribution in [3.8, 4) is 5.75 Å². The largest absolute Gasteiger partial charge is 0.545 e. The number of carbonyl (C=O) groups is 1. The molecule has 0 saturated heterocycles. The van der Waals surface area contributed by atoms with Crippen LogP contribution in [0, 0.1) is 6.92 Å². The molecule has 3 nitrogen and oxygen atoms in total. The van der Waals surface area contributed by atoms with Crippen molar-refractivity contribution in [3.05, 3.63) is 63.6 Å². The molecule has 0 heterocycles. The molecule has 0 fully saturated rings. The fraction of sp³-hybridized carbons (Fsp3) is 0.133. The van der Waals surface area contributed by atoms with Crippen LogP contribution in [-0.4, -0.2) is 5.97 Å². The lowest BCUT2D eigenvalue weighted by Crippen LogP contribution is -2.23. The molecule has 0 aromatic heterocycles. The Balaban J connectivity index is 2.15. The summed E-state index contributed by atoms with van der Waals surface area (Å²) >= 11 is 3.22. The third kappa shape index (κ3) is 3.58. The van der Waals surface area contributed by atoms with E-state index in [0.717, 1.165) is 5.56 Å². The van der Waals surface area contributed by atoms with Crippen molar-refractivity contribution in [2.75, 3.05) is 0 Å². The molecule has 0 amide bonds. The summed E-state index contributed by atoms with van der Waals surface area (Å²) in [5.41, 5.74) is 2.20. The summed E-state index contributed by atoms with van der Waals surface area (Å²) in [6.45, 7) is 2.33. The highest BCUT2D eigenvalue weighted by Crippen LogP contribution is 2.23. The zero-order valence-corrected chi connectivity index (χ0v) is 11.9. The maximum atomic E-state index is 11.0. The van der Waals surface area contributed by atoms with Gasteiger partial charge in [0, 0.05) is 10.0 Å². The highest BCUT2D eigenvalue weighted by atomic mass is 79.9. The van der Waals surface area contributed by atoms with E-state index in [2.05, 4.69) is 15.9 Å². The van der Waals surface area contributed by atoms with Gasteiger partial charge in [-0.25, -0.2) is 0 Å². The Morgan fingerprint density at radius 2 is 1.89 bits per heavy atom. The number of hydrogen-bond acceptors (Lipinski definition) is 3. The molecule has 2 rings (SSSR count). The molecule has 2 aromatic carbocycles. The predicted molar refractivity (Wildman–Crippen MR) is 74.0 cm³/mol. The minimum atomic E-state index is -1.25. The van der Waals surface area contributed by atoms with Crippen LogP contribution in [0.1, 0.15) is 21.5 Å². The van der Waals surface area contributed by atoms with Gasteiger partial charge < -0.3 is 14.6 Å². The lowest BCUT2D eigenvalue weighted by Gasteiger charge is -2.12. The Morgan fingerprint density at radius 3 is 2.53 bits per heavy atom. The van der Waals surface area contributed by atoms with Gasteiger partial charge in [0.2, 0.25) is 0 Å². The van der Waals surface area contributed by atoms with Gasteiger partial charge in [-0.15, -0.1) is 0 Å². The van der Waals surface area contributed by atoms with Crippen molar-refractivity contribution < 1.29 is 14.6 Å². The molecule has 0 aliphatic carbocycles. The van der Waals surface area contributed by atoms with E-state index in [4.69, 9.17) is 4.74 Å². The Morgan fingerprint density at radius 1 is 1.21 bits per heavy atom. The molecular formula is C15H12BrO3-. The maximum absolute atomic E-state index is 11.0. The Bertz CT molecular complexity index is 591. The second kappa shape index (κ2) is 5.89. The van der Waals surface area contributed by atoms with E-state index in [1.54, 1.807) is 12.1 Å². The smallest absolute Gasteiger partial charge is 0.128 e. The summed E-state index contributed by atoms with van der Waals surface area (Å²) in [5.74, 6) is -0.941. The van der Waals surface area contributed by atoms with Gasteiger partial charge in [-0.1, -0.05) is 45.8 Å². The van der Waals surface area contributed by atoms with Gasteiger partial charge in [0.05, 0.1) is 5.97 Å². The van der Waals surface area contributed by atoms with Gasteiger partial charge in [0.1, 0.15) is 12.4 Å². The van der Waals surface area contributed by atoms with Crippen LogP contribution in [0.4, 0.5) is 0 Å². The van der Waals surface area contributed by atoms with Crippen molar-refractivity contribution in [1.82, 2.24) is 0 Å². The van der Waals surface area contributed by atoms with Crippen LogP contribution in [0.15, 0.2) is 46.9 Å². The number of hydrogen-bond donors (Lipinski definition) is 0. The first kappa shape index (κ1) is 13.6. The fourth-order valence-corrected chi connectivity index (χ4v) is 1.99. The Kier molecular flexibility index (Phi) is 4.22. The summed E-state index contributed by atoms with van der Waals surface area (Å²) in [5, 5.41) is 11.0. The summed E-state index contributed by atoms with van der Waals surface area (Å²) in [6.07, 6.45) is 0. The number of aromatic carboxylic acids is 1. The molecule has 4 heteroatoms. The molecule has 0 spiro atoms. The van der Waals surface area contributed by atoms with Gasteiger partial charge in [-0.05, 0) is 30.7 Å². The van der Waals surface area contributed by atoms with E-state index in [0.29, 0.717) is 16.8 Å². The topological polar surface area (TPSA) is 49.4 Å². The van der Waals surface area contributed by atoms with Gasteiger partial charge in [0.15, 0.2) is 0 Å². The molecule has 0 radical (unpaired) electrons.